The lowest BCUT2D eigenvalue weighted by atomic mass is 9.87. The number of benzene rings is 1. The van der Waals surface area contributed by atoms with Gasteiger partial charge in [0.15, 0.2) is 0 Å². The Bertz CT molecular complexity index is 503. The van der Waals surface area contributed by atoms with Crippen LogP contribution >= 0.6 is 23.2 Å². The third kappa shape index (κ3) is 3.75. The summed E-state index contributed by atoms with van der Waals surface area (Å²) in [4.78, 5) is 10.5. The molecule has 5 nitrogen and oxygen atoms in total. The molecule has 20 heavy (non-hydrogen) atoms. The molecule has 0 heterocycles. The molecule has 0 aromatic heterocycles. The maximum absolute atomic E-state index is 11.0. The maximum atomic E-state index is 11.0. The van der Waals surface area contributed by atoms with E-state index in [-0.39, 0.29) is 16.8 Å². The number of rotatable bonds is 4. The molecule has 1 aromatic rings. The Labute approximate surface area is 127 Å². The summed E-state index contributed by atoms with van der Waals surface area (Å²) in [5, 5.41) is 24.0. The van der Waals surface area contributed by atoms with Gasteiger partial charge in [-0.3, -0.25) is 10.1 Å². The van der Waals surface area contributed by atoms with Crippen molar-refractivity contribution in [2.45, 2.75) is 31.8 Å². The van der Waals surface area contributed by atoms with Crippen molar-refractivity contribution in [3.8, 4) is 0 Å². The van der Waals surface area contributed by atoms with Crippen molar-refractivity contribution < 1.29 is 10.0 Å². The second kappa shape index (κ2) is 6.61. The van der Waals surface area contributed by atoms with E-state index in [0.717, 1.165) is 25.7 Å². The van der Waals surface area contributed by atoms with E-state index in [9.17, 15) is 15.2 Å². The van der Waals surface area contributed by atoms with Crippen LogP contribution in [0.25, 0.3) is 0 Å². The molecule has 2 N–H and O–H groups in total. The fourth-order valence-corrected chi connectivity index (χ4v) is 2.75. The second-order valence-corrected chi connectivity index (χ2v) is 5.91. The Kier molecular flexibility index (Phi) is 5.07. The molecule has 0 aliphatic heterocycles. The van der Waals surface area contributed by atoms with Crippen LogP contribution in [0.5, 0.6) is 0 Å². The van der Waals surface area contributed by atoms with Crippen molar-refractivity contribution in [2.75, 3.05) is 11.9 Å². The summed E-state index contributed by atoms with van der Waals surface area (Å²) in [5.41, 5.74) is 0.311. The first kappa shape index (κ1) is 15.4. The topological polar surface area (TPSA) is 75.4 Å². The summed E-state index contributed by atoms with van der Waals surface area (Å²) >= 11 is 11.7. The van der Waals surface area contributed by atoms with E-state index < -0.39 is 4.92 Å². The maximum Gasteiger partial charge on any atom is 0.293 e. The Balaban J connectivity index is 2.05. The molecule has 2 rings (SSSR count). The van der Waals surface area contributed by atoms with Crippen LogP contribution in [0.15, 0.2) is 12.1 Å². The van der Waals surface area contributed by atoms with E-state index >= 15 is 0 Å². The zero-order valence-electron chi connectivity index (χ0n) is 10.8. The highest BCUT2D eigenvalue weighted by Gasteiger charge is 2.21. The molecule has 1 aromatic carbocycles. The molecule has 0 amide bonds. The summed E-state index contributed by atoms with van der Waals surface area (Å²) in [6.45, 7) is 0.630. The van der Waals surface area contributed by atoms with Gasteiger partial charge in [-0.25, -0.2) is 0 Å². The number of aliphatic hydroxyl groups is 1. The Morgan fingerprint density at radius 3 is 2.45 bits per heavy atom. The summed E-state index contributed by atoms with van der Waals surface area (Å²) in [7, 11) is 0. The van der Waals surface area contributed by atoms with Crippen LogP contribution < -0.4 is 5.32 Å². The fourth-order valence-electron chi connectivity index (χ4n) is 2.43. The highest BCUT2D eigenvalue weighted by atomic mass is 35.5. The summed E-state index contributed by atoms with van der Waals surface area (Å²) < 4.78 is 0. The van der Waals surface area contributed by atoms with Crippen molar-refractivity contribution in [2.24, 2.45) is 5.92 Å². The first-order valence-electron chi connectivity index (χ1n) is 6.52. The summed E-state index contributed by atoms with van der Waals surface area (Å²) in [6, 6.07) is 2.75. The molecule has 0 saturated heterocycles. The van der Waals surface area contributed by atoms with E-state index in [1.54, 1.807) is 0 Å². The lowest BCUT2D eigenvalue weighted by Gasteiger charge is -2.25. The van der Waals surface area contributed by atoms with Gasteiger partial charge in [-0.2, -0.15) is 0 Å². The van der Waals surface area contributed by atoms with Gasteiger partial charge < -0.3 is 10.4 Å². The molecule has 0 atom stereocenters. The predicted octanol–water partition coefficient (Wildman–Crippen LogP) is 3.86. The third-order valence-electron chi connectivity index (χ3n) is 3.63. The molecule has 0 spiro atoms. The van der Waals surface area contributed by atoms with Crippen molar-refractivity contribution in [1.82, 2.24) is 0 Å². The number of nitrogens with one attached hydrogen (secondary N) is 1. The van der Waals surface area contributed by atoms with Crippen molar-refractivity contribution >= 4 is 34.6 Å². The summed E-state index contributed by atoms with van der Waals surface area (Å²) in [5.74, 6) is 0.410. The van der Waals surface area contributed by atoms with Gasteiger partial charge in [0.05, 0.1) is 21.1 Å². The quantitative estimate of drug-likeness (QED) is 0.652. The summed E-state index contributed by atoms with van der Waals surface area (Å²) in [6.07, 6.45) is 3.21. The zero-order valence-corrected chi connectivity index (χ0v) is 12.3. The Morgan fingerprint density at radius 1 is 1.25 bits per heavy atom. The van der Waals surface area contributed by atoms with Crippen LogP contribution in [0.4, 0.5) is 11.4 Å². The number of hydrogen-bond donors (Lipinski definition) is 2. The number of nitrogens with zero attached hydrogens (tertiary/aromatic N) is 1. The minimum absolute atomic E-state index is 0.0738. The molecule has 0 unspecified atom stereocenters. The monoisotopic (exact) mass is 318 g/mol. The van der Waals surface area contributed by atoms with E-state index in [1.807, 2.05) is 0 Å². The number of nitro groups is 1. The standard InChI is InChI=1S/C13H16Cl2N2O3/c14-10-5-12(13(17(19)20)6-11(10)15)16-7-8-1-3-9(18)4-2-8/h5-6,8-9,16,18H,1-4,7H2. The first-order valence-corrected chi connectivity index (χ1v) is 7.28. The van der Waals surface area contributed by atoms with E-state index in [0.29, 0.717) is 23.2 Å². The van der Waals surface area contributed by atoms with Crippen LogP contribution in [-0.4, -0.2) is 22.7 Å². The van der Waals surface area contributed by atoms with E-state index in [1.165, 1.54) is 12.1 Å². The zero-order chi connectivity index (χ0) is 14.7. The smallest absolute Gasteiger partial charge is 0.293 e. The fraction of sp³-hybridized carbons (Fsp3) is 0.538. The Hall–Kier alpha value is -1.04. The highest BCUT2D eigenvalue weighted by molar-refractivity contribution is 6.42. The number of nitro benzene ring substituents is 1. The molecular formula is C13H16Cl2N2O3. The molecule has 0 bridgehead atoms. The lowest BCUT2D eigenvalue weighted by Crippen LogP contribution is -2.23. The largest absolute Gasteiger partial charge is 0.393 e. The molecule has 1 aliphatic carbocycles. The van der Waals surface area contributed by atoms with Crippen molar-refractivity contribution in [3.63, 3.8) is 0 Å². The van der Waals surface area contributed by atoms with Gasteiger partial charge in [0.1, 0.15) is 5.69 Å². The van der Waals surface area contributed by atoms with Crippen LogP contribution in [0.1, 0.15) is 25.7 Å². The van der Waals surface area contributed by atoms with Gasteiger partial charge in [-0.15, -0.1) is 0 Å². The predicted molar refractivity (Wildman–Crippen MR) is 79.6 cm³/mol. The molecule has 0 radical (unpaired) electrons. The third-order valence-corrected chi connectivity index (χ3v) is 4.35. The first-order chi connectivity index (χ1) is 9.47. The molecule has 1 aliphatic rings. The van der Waals surface area contributed by atoms with Gasteiger partial charge in [0.25, 0.3) is 5.69 Å². The van der Waals surface area contributed by atoms with Crippen LogP contribution in [-0.2, 0) is 0 Å². The number of anilines is 1. The molecule has 7 heteroatoms. The second-order valence-electron chi connectivity index (χ2n) is 5.10. The van der Waals surface area contributed by atoms with Crippen LogP contribution in [0.3, 0.4) is 0 Å². The van der Waals surface area contributed by atoms with E-state index in [4.69, 9.17) is 23.2 Å². The van der Waals surface area contributed by atoms with Gasteiger partial charge in [0, 0.05) is 12.6 Å². The normalized spacial score (nSPS) is 22.6. The van der Waals surface area contributed by atoms with Crippen molar-refractivity contribution in [3.05, 3.63) is 32.3 Å². The number of halogens is 2. The minimum Gasteiger partial charge on any atom is -0.393 e. The van der Waals surface area contributed by atoms with Gasteiger partial charge >= 0.3 is 0 Å². The number of aliphatic hydroxyl groups excluding tert-OH is 1. The average Bonchev–Trinajstić information content (AvgIpc) is 2.41. The van der Waals surface area contributed by atoms with Crippen LogP contribution in [0.2, 0.25) is 10.0 Å². The average molecular weight is 319 g/mol. The Morgan fingerprint density at radius 2 is 1.85 bits per heavy atom. The molecule has 110 valence electrons. The lowest BCUT2D eigenvalue weighted by molar-refractivity contribution is -0.383. The number of hydrogen-bond acceptors (Lipinski definition) is 4. The van der Waals surface area contributed by atoms with Crippen molar-refractivity contribution in [1.29, 1.82) is 0 Å². The SMILES string of the molecule is O=[N+]([O-])c1cc(Cl)c(Cl)cc1NCC1CCC(O)CC1. The molecular weight excluding hydrogens is 303 g/mol. The van der Waals surface area contributed by atoms with Gasteiger partial charge in [0.2, 0.25) is 0 Å². The van der Waals surface area contributed by atoms with Gasteiger partial charge in [-0.05, 0) is 37.7 Å². The van der Waals surface area contributed by atoms with E-state index in [2.05, 4.69) is 5.32 Å². The minimum atomic E-state index is -0.477. The molecule has 1 saturated carbocycles. The highest BCUT2D eigenvalue weighted by Crippen LogP contribution is 2.34. The molecule has 1 fully saturated rings. The van der Waals surface area contributed by atoms with Gasteiger partial charge in [-0.1, -0.05) is 23.2 Å². The van der Waals surface area contributed by atoms with Crippen LogP contribution in [0, 0.1) is 16.0 Å².